The third-order valence-electron chi connectivity index (χ3n) is 21.9. The highest BCUT2D eigenvalue weighted by atomic mass is 35.5. The van der Waals surface area contributed by atoms with Gasteiger partial charge in [0.1, 0.15) is 28.3 Å². The minimum Gasteiger partial charge on any atom is -0.381 e. The number of aryl methyl sites for hydroxylation is 8. The third-order valence-corrected chi connectivity index (χ3v) is 25.5. The van der Waals surface area contributed by atoms with Crippen LogP contribution in [0.1, 0.15) is 146 Å². The predicted molar refractivity (Wildman–Crippen MR) is 412 cm³/mol. The van der Waals surface area contributed by atoms with Gasteiger partial charge in [0, 0.05) is 155 Å². The molecule has 0 amide bonds. The molecule has 10 heterocycles. The highest BCUT2D eigenvalue weighted by molar-refractivity contribution is 7.90. The van der Waals surface area contributed by atoms with Gasteiger partial charge < -0.3 is 29.1 Å². The number of methoxy groups -OCH3 is 2. The van der Waals surface area contributed by atoms with E-state index < -0.39 is 20.0 Å². The molecule has 4 aliphatic heterocycles. The van der Waals surface area contributed by atoms with Crippen molar-refractivity contribution in [2.75, 3.05) is 78.4 Å². The molecule has 2 saturated heterocycles. The van der Waals surface area contributed by atoms with Crippen molar-refractivity contribution in [3.8, 4) is 22.8 Å². The number of nitrogens with zero attached hydrogens (tertiary/aromatic N) is 16. The Labute approximate surface area is 625 Å². The van der Waals surface area contributed by atoms with Gasteiger partial charge in [-0.1, -0.05) is 86.8 Å². The second-order valence-electron chi connectivity index (χ2n) is 30.4. The average molecular weight is 1510 g/mol. The fourth-order valence-corrected chi connectivity index (χ4v) is 19.2. The number of rotatable bonds is 14. The molecule has 0 bridgehead atoms. The summed E-state index contributed by atoms with van der Waals surface area (Å²) in [5, 5.41) is 21.4. The summed E-state index contributed by atoms with van der Waals surface area (Å²) < 4.78 is 73.9. The molecule has 0 N–H and O–H groups in total. The zero-order valence-corrected chi connectivity index (χ0v) is 65.8. The van der Waals surface area contributed by atoms with Crippen LogP contribution in [0.3, 0.4) is 0 Å². The lowest BCUT2D eigenvalue weighted by atomic mass is 9.81. The number of ether oxygens (including phenoxy) is 2. The van der Waals surface area contributed by atoms with E-state index in [-0.39, 0.29) is 38.2 Å². The summed E-state index contributed by atoms with van der Waals surface area (Å²) in [6.07, 6.45) is 8.22. The lowest BCUT2D eigenvalue weighted by molar-refractivity contribution is -0.00647. The van der Waals surface area contributed by atoms with Crippen molar-refractivity contribution in [3.63, 3.8) is 0 Å². The van der Waals surface area contributed by atoms with Crippen LogP contribution in [-0.2, 0) is 69.5 Å². The minimum atomic E-state index is -3.95. The lowest BCUT2D eigenvalue weighted by Gasteiger charge is -2.45. The van der Waals surface area contributed by atoms with E-state index in [1.54, 1.807) is 50.6 Å². The van der Waals surface area contributed by atoms with E-state index >= 15 is 0 Å². The molecule has 4 aromatic carbocycles. The molecule has 4 fully saturated rings. The maximum atomic E-state index is 13.9. The number of alkyl halides is 2. The molecule has 2 saturated carbocycles. The van der Waals surface area contributed by atoms with Crippen molar-refractivity contribution in [1.82, 2.24) is 57.9 Å². The van der Waals surface area contributed by atoms with Crippen molar-refractivity contribution < 1.29 is 26.3 Å². The number of halogens is 3. The van der Waals surface area contributed by atoms with Crippen molar-refractivity contribution in [2.24, 2.45) is 24.9 Å². The quantitative estimate of drug-likeness (QED) is 0.0923. The summed E-state index contributed by atoms with van der Waals surface area (Å²) in [5.41, 5.74) is 14.0. The molecule has 104 heavy (non-hydrogen) atoms. The number of aromatic nitrogens is 12. The Bertz CT molecular complexity index is 5200. The van der Waals surface area contributed by atoms with Gasteiger partial charge >= 0.3 is 0 Å². The van der Waals surface area contributed by atoms with Crippen LogP contribution in [0.25, 0.3) is 44.6 Å². The summed E-state index contributed by atoms with van der Waals surface area (Å²) >= 11 is 16.6. The molecule has 0 radical (unpaired) electrons. The zero-order valence-electron chi connectivity index (χ0n) is 61.9. The molecule has 2 aliphatic carbocycles. The fraction of sp³-hybridized carbons (Fsp3) is 0.481. The van der Waals surface area contributed by atoms with Gasteiger partial charge in [-0.2, -0.15) is 45.4 Å². The van der Waals surface area contributed by atoms with Crippen LogP contribution in [0.4, 0.5) is 23.3 Å². The molecule has 10 aromatic rings. The van der Waals surface area contributed by atoms with Gasteiger partial charge in [-0.15, -0.1) is 23.2 Å². The maximum absolute atomic E-state index is 13.9. The zero-order chi connectivity index (χ0) is 73.8. The predicted octanol–water partition coefficient (Wildman–Crippen LogP) is 14.2. The second-order valence-corrected chi connectivity index (χ2v) is 35.1. The minimum absolute atomic E-state index is 0.0848. The highest BCUT2D eigenvalue weighted by Gasteiger charge is 2.42. The summed E-state index contributed by atoms with van der Waals surface area (Å²) in [4.78, 5) is 31.3. The van der Waals surface area contributed by atoms with Crippen molar-refractivity contribution in [3.05, 3.63) is 151 Å². The van der Waals surface area contributed by atoms with Gasteiger partial charge in [-0.05, 0) is 128 Å². The van der Waals surface area contributed by atoms with Crippen molar-refractivity contribution in [2.45, 2.75) is 168 Å². The Balaban J connectivity index is 0.000000169. The van der Waals surface area contributed by atoms with Gasteiger partial charge in [0.25, 0.3) is 20.0 Å². The van der Waals surface area contributed by atoms with Crippen molar-refractivity contribution >= 4 is 99.9 Å². The Hall–Kier alpha value is -7.71. The number of fused-ring (bicyclic) bond motifs is 4. The summed E-state index contributed by atoms with van der Waals surface area (Å²) in [7, 11) is -0.270. The van der Waals surface area contributed by atoms with Gasteiger partial charge in [-0.25, -0.2) is 19.9 Å². The molecule has 16 rings (SSSR count). The molecule has 2 atom stereocenters. The van der Waals surface area contributed by atoms with Crippen LogP contribution in [0.5, 0.6) is 0 Å². The largest absolute Gasteiger partial charge is 0.381 e. The summed E-state index contributed by atoms with van der Waals surface area (Å²) in [6, 6.07) is 23.6. The molecule has 550 valence electrons. The first kappa shape index (κ1) is 73.2. The average Bonchev–Trinajstić information content (AvgIpc) is 1.55. The van der Waals surface area contributed by atoms with E-state index in [1.807, 2.05) is 101 Å². The number of hydrogen-bond acceptors (Lipinski definition) is 18. The van der Waals surface area contributed by atoms with Gasteiger partial charge in [-0.3, -0.25) is 9.36 Å². The van der Waals surface area contributed by atoms with Gasteiger partial charge in [0.15, 0.2) is 11.6 Å². The molecule has 0 unspecified atom stereocenters. The van der Waals surface area contributed by atoms with Crippen LogP contribution in [0.15, 0.2) is 88.7 Å². The monoisotopic (exact) mass is 1510 g/mol. The van der Waals surface area contributed by atoms with E-state index in [0.29, 0.717) is 65.4 Å². The summed E-state index contributed by atoms with van der Waals surface area (Å²) in [6.45, 7) is 26.7. The molecular formula is C77H93Cl3N16O6S2. The molecule has 0 spiro atoms. The van der Waals surface area contributed by atoms with E-state index in [2.05, 4.69) is 63.6 Å². The number of hydrogen-bond donors (Lipinski definition) is 0. The molecular weight excluding hydrogens is 1420 g/mol. The number of piperidine rings is 2. The molecule has 22 nitrogen and oxygen atoms in total. The molecule has 27 heteroatoms. The Kier molecular flexibility index (Phi) is 19.9. The van der Waals surface area contributed by atoms with Crippen molar-refractivity contribution in [1.29, 1.82) is 0 Å². The lowest BCUT2D eigenvalue weighted by Crippen LogP contribution is -2.50. The van der Waals surface area contributed by atoms with Gasteiger partial charge in [0.05, 0.1) is 72.5 Å². The smallest absolute Gasteiger partial charge is 0.283 e. The van der Waals surface area contributed by atoms with Crippen LogP contribution >= 0.6 is 34.8 Å². The van der Waals surface area contributed by atoms with Crippen LogP contribution in [-0.4, -0.2) is 146 Å². The first-order valence-corrected chi connectivity index (χ1v) is 40.2. The van der Waals surface area contributed by atoms with Crippen LogP contribution in [0, 0.1) is 52.4 Å². The SMILES string of the molecule is CO[C@@H]1CCN(c2nc(-c3c(C)ccc4c3c(C)nn4S(=O)(=O)c3ccc(C)cc3)nc3c2CN(c2c(Cl)c(C4CC4)nn2C)CC3)CC1(C)C.CO[C@@H]1CCN(c2nc(-c3c(C)ccc4c3c(C)nn4S(=O)(=O)c3ccc(C)cc3)nc3c2CN(c2cc(C4CC4)nn2C)CC3)CC1(C)C.ClCCl. The Morgan fingerprint density at radius 1 is 0.519 bits per heavy atom. The third kappa shape index (κ3) is 13.5. The highest BCUT2D eigenvalue weighted by Crippen LogP contribution is 2.48. The number of benzene rings is 4. The molecule has 6 aromatic heterocycles. The van der Waals surface area contributed by atoms with Crippen LogP contribution < -0.4 is 19.6 Å². The maximum Gasteiger partial charge on any atom is 0.283 e. The topological polar surface area (TPSA) is 223 Å². The standard InChI is InChI=1S/C38H45ClN8O3S.C38H46N8O3S.CH2Cl2/c1-22-8-13-26(14-9-22)51(48,49)47-29-15-10-23(2)31(32(29)24(3)42-47)35-40-28-16-18-45(37-33(39)34(25-11-12-25)43-44(37)6)20-27(28)36(41-35)46-19-17-30(50-7)38(4,5)21-46;1-23-8-13-27(14-9-23)50(47,48)46-31-15-10-24(2)34(35(31)25(3)41-46)36-39-29-16-18-44(33-20-30(26-11-12-26)42-43(33)6)21-28(29)37(40-36)45-19-17-32(49-7)38(4,5)22-45;2-1-3/h8-10,13-15,25,30H,11-12,16-21H2,1-7H3;8-10,13-15,20,26,32H,11-12,16-19,21-22H2,1-7H3;1H2/t30-;32-;/m11./s1. The van der Waals surface area contributed by atoms with Crippen LogP contribution in [0.2, 0.25) is 5.02 Å². The molecule has 6 aliphatic rings. The van der Waals surface area contributed by atoms with E-state index in [9.17, 15) is 16.8 Å². The Morgan fingerprint density at radius 2 is 0.952 bits per heavy atom. The second kappa shape index (κ2) is 28.2. The number of anilines is 4. The first-order chi connectivity index (χ1) is 49.5. The Morgan fingerprint density at radius 3 is 1.38 bits per heavy atom. The fourth-order valence-electron chi connectivity index (χ4n) is 16.1. The van der Waals surface area contributed by atoms with E-state index in [4.69, 9.17) is 74.4 Å². The van der Waals surface area contributed by atoms with Gasteiger partial charge in [0.2, 0.25) is 0 Å². The first-order valence-electron chi connectivity index (χ1n) is 35.9. The van der Waals surface area contributed by atoms with E-state index in [1.165, 1.54) is 22.6 Å². The normalized spacial score (nSPS) is 18.9. The summed E-state index contributed by atoms with van der Waals surface area (Å²) in [5.74, 6) is 6.13. The van der Waals surface area contributed by atoms with E-state index in [0.717, 1.165) is 176 Å².